The maximum atomic E-state index is 11.8. The first-order chi connectivity index (χ1) is 11.5. The molecule has 0 atom stereocenters. The number of nitrogens with one attached hydrogen (secondary N) is 2. The predicted molar refractivity (Wildman–Crippen MR) is 104 cm³/mol. The van der Waals surface area contributed by atoms with Crippen LogP contribution in [0.4, 0.5) is 0 Å². The Morgan fingerprint density at radius 2 is 1.96 bits per heavy atom. The summed E-state index contributed by atoms with van der Waals surface area (Å²) in [4.78, 5) is 11.8. The van der Waals surface area contributed by atoms with Crippen LogP contribution in [0, 0.1) is 0 Å². The molecule has 1 amide bonds. The number of amides is 1. The van der Waals surface area contributed by atoms with Gasteiger partial charge in [0.25, 0.3) is 5.91 Å². The van der Waals surface area contributed by atoms with E-state index in [1.165, 1.54) is 5.56 Å². The third-order valence-corrected chi connectivity index (χ3v) is 4.08. The van der Waals surface area contributed by atoms with Gasteiger partial charge < -0.3 is 15.4 Å². The van der Waals surface area contributed by atoms with Crippen molar-refractivity contribution in [2.75, 3.05) is 13.2 Å². The number of thiocarbonyl (C=S) groups is 1. The summed E-state index contributed by atoms with van der Waals surface area (Å²) in [7, 11) is 0. The highest BCUT2D eigenvalue weighted by atomic mass is 79.9. The van der Waals surface area contributed by atoms with E-state index >= 15 is 0 Å². The lowest BCUT2D eigenvalue weighted by atomic mass is 10.1. The van der Waals surface area contributed by atoms with Crippen LogP contribution in [0.25, 0.3) is 0 Å². The second-order valence-electron chi connectivity index (χ2n) is 4.90. The van der Waals surface area contributed by atoms with Gasteiger partial charge in [0.15, 0.2) is 11.7 Å². The van der Waals surface area contributed by atoms with Gasteiger partial charge in [-0.15, -0.1) is 0 Å². The molecule has 2 aromatic rings. The van der Waals surface area contributed by atoms with E-state index in [4.69, 9.17) is 28.6 Å². The Labute approximate surface area is 159 Å². The number of rotatable bonds is 6. The minimum atomic E-state index is -0.341. The first kappa shape index (κ1) is 18.7. The predicted octanol–water partition coefficient (Wildman–Crippen LogP) is 3.71. The van der Waals surface area contributed by atoms with Gasteiger partial charge in [-0.25, -0.2) is 0 Å². The monoisotopic (exact) mass is 426 g/mol. The van der Waals surface area contributed by atoms with Crippen molar-refractivity contribution in [1.29, 1.82) is 0 Å². The SMILES string of the molecule is O=C(COc1ccc(Br)cc1Cl)NC(=S)NCCc1ccccc1. The maximum absolute atomic E-state index is 11.8. The third-order valence-electron chi connectivity index (χ3n) is 3.05. The molecule has 0 saturated heterocycles. The summed E-state index contributed by atoms with van der Waals surface area (Å²) >= 11 is 14.4. The molecular weight excluding hydrogens is 412 g/mol. The average Bonchev–Trinajstić information content (AvgIpc) is 2.55. The number of halogens is 2. The molecule has 0 spiro atoms. The lowest BCUT2D eigenvalue weighted by Crippen LogP contribution is -2.42. The number of carbonyl (C=O) groups excluding carboxylic acids is 1. The zero-order chi connectivity index (χ0) is 17.4. The van der Waals surface area contributed by atoms with Crippen LogP contribution < -0.4 is 15.4 Å². The molecule has 2 rings (SSSR count). The zero-order valence-corrected chi connectivity index (χ0v) is 15.9. The van der Waals surface area contributed by atoms with Crippen molar-refractivity contribution in [2.24, 2.45) is 0 Å². The van der Waals surface area contributed by atoms with Crippen LogP contribution in [0.15, 0.2) is 53.0 Å². The van der Waals surface area contributed by atoms with Gasteiger partial charge in [0, 0.05) is 11.0 Å². The lowest BCUT2D eigenvalue weighted by Gasteiger charge is -2.11. The van der Waals surface area contributed by atoms with Crippen molar-refractivity contribution in [1.82, 2.24) is 10.6 Å². The fourth-order valence-electron chi connectivity index (χ4n) is 1.91. The number of benzene rings is 2. The molecule has 24 heavy (non-hydrogen) atoms. The fraction of sp³-hybridized carbons (Fsp3) is 0.176. The molecule has 0 aromatic heterocycles. The molecule has 0 bridgehead atoms. The van der Waals surface area contributed by atoms with Gasteiger partial charge >= 0.3 is 0 Å². The molecule has 0 fully saturated rings. The van der Waals surface area contributed by atoms with Crippen LogP contribution >= 0.6 is 39.7 Å². The van der Waals surface area contributed by atoms with Crippen molar-refractivity contribution < 1.29 is 9.53 Å². The minimum absolute atomic E-state index is 0.165. The highest BCUT2D eigenvalue weighted by molar-refractivity contribution is 9.10. The van der Waals surface area contributed by atoms with Gasteiger partial charge in [0.05, 0.1) is 5.02 Å². The fourth-order valence-corrected chi connectivity index (χ4v) is 2.85. The average molecular weight is 428 g/mol. The van der Waals surface area contributed by atoms with Gasteiger partial charge in [-0.2, -0.15) is 0 Å². The molecule has 0 unspecified atom stereocenters. The largest absolute Gasteiger partial charge is 0.482 e. The Balaban J connectivity index is 1.68. The second kappa shape index (κ2) is 9.61. The highest BCUT2D eigenvalue weighted by Crippen LogP contribution is 2.27. The van der Waals surface area contributed by atoms with Gasteiger partial charge in [-0.05, 0) is 42.4 Å². The first-order valence-corrected chi connectivity index (χ1v) is 8.82. The molecule has 2 aromatic carbocycles. The van der Waals surface area contributed by atoms with Crippen LogP contribution in [0.5, 0.6) is 5.75 Å². The van der Waals surface area contributed by atoms with E-state index in [0.717, 1.165) is 10.9 Å². The summed E-state index contributed by atoms with van der Waals surface area (Å²) in [6, 6.07) is 15.2. The molecule has 2 N–H and O–H groups in total. The van der Waals surface area contributed by atoms with E-state index in [0.29, 0.717) is 17.3 Å². The summed E-state index contributed by atoms with van der Waals surface area (Å²) in [6.07, 6.45) is 0.821. The quantitative estimate of drug-likeness (QED) is 0.690. The molecule has 0 heterocycles. The maximum Gasteiger partial charge on any atom is 0.264 e. The summed E-state index contributed by atoms with van der Waals surface area (Å²) < 4.78 is 6.22. The highest BCUT2D eigenvalue weighted by Gasteiger charge is 2.08. The molecule has 4 nitrogen and oxygen atoms in total. The molecule has 7 heteroatoms. The van der Waals surface area contributed by atoms with E-state index in [-0.39, 0.29) is 17.6 Å². The molecular formula is C17H16BrClN2O2S. The van der Waals surface area contributed by atoms with Crippen LogP contribution in [0.3, 0.4) is 0 Å². The topological polar surface area (TPSA) is 50.4 Å². The second-order valence-corrected chi connectivity index (χ2v) is 6.63. The zero-order valence-electron chi connectivity index (χ0n) is 12.7. The third kappa shape index (κ3) is 6.47. The molecule has 126 valence electrons. The summed E-state index contributed by atoms with van der Waals surface area (Å²) in [5.74, 6) is 0.101. The van der Waals surface area contributed by atoms with Crippen molar-refractivity contribution in [3.8, 4) is 5.75 Å². The normalized spacial score (nSPS) is 10.1. The Morgan fingerprint density at radius 3 is 2.67 bits per heavy atom. The summed E-state index contributed by atoms with van der Waals surface area (Å²) in [5.41, 5.74) is 1.20. The molecule has 0 aliphatic carbocycles. The molecule has 0 radical (unpaired) electrons. The van der Waals surface area contributed by atoms with Gasteiger partial charge in [0.1, 0.15) is 5.75 Å². The van der Waals surface area contributed by atoms with E-state index in [1.54, 1.807) is 18.2 Å². The Morgan fingerprint density at radius 1 is 1.21 bits per heavy atom. The van der Waals surface area contributed by atoms with Crippen LogP contribution in [-0.2, 0) is 11.2 Å². The summed E-state index contributed by atoms with van der Waals surface area (Å²) in [5, 5.41) is 6.27. The Bertz CT molecular complexity index is 713. The van der Waals surface area contributed by atoms with E-state index in [2.05, 4.69) is 26.6 Å². The van der Waals surface area contributed by atoms with E-state index in [9.17, 15) is 4.79 Å². The number of ether oxygens (including phenoxy) is 1. The van der Waals surface area contributed by atoms with Crippen molar-refractivity contribution in [3.05, 3.63) is 63.6 Å². The van der Waals surface area contributed by atoms with E-state index in [1.807, 2.05) is 30.3 Å². The van der Waals surface area contributed by atoms with Gasteiger partial charge in [0.2, 0.25) is 0 Å². The number of hydrogen-bond acceptors (Lipinski definition) is 3. The van der Waals surface area contributed by atoms with Crippen LogP contribution in [0.2, 0.25) is 5.02 Å². The number of hydrogen-bond donors (Lipinski definition) is 2. The molecule has 0 aliphatic heterocycles. The van der Waals surface area contributed by atoms with Gasteiger partial charge in [-0.1, -0.05) is 57.9 Å². The summed E-state index contributed by atoms with van der Waals surface area (Å²) in [6.45, 7) is 0.477. The number of carbonyl (C=O) groups is 1. The van der Waals surface area contributed by atoms with Crippen molar-refractivity contribution in [2.45, 2.75) is 6.42 Å². The van der Waals surface area contributed by atoms with Crippen molar-refractivity contribution >= 4 is 50.8 Å². The first-order valence-electron chi connectivity index (χ1n) is 7.24. The van der Waals surface area contributed by atoms with Crippen molar-refractivity contribution in [3.63, 3.8) is 0 Å². The Hall–Kier alpha value is -1.63. The molecule has 0 aliphatic rings. The van der Waals surface area contributed by atoms with Crippen LogP contribution in [0.1, 0.15) is 5.56 Å². The Kier molecular flexibility index (Phi) is 7.49. The smallest absolute Gasteiger partial charge is 0.264 e. The minimum Gasteiger partial charge on any atom is -0.482 e. The van der Waals surface area contributed by atoms with E-state index < -0.39 is 0 Å². The standard InChI is InChI=1S/C17H16BrClN2O2S/c18-13-6-7-15(14(19)10-13)23-11-16(22)21-17(24)20-9-8-12-4-2-1-3-5-12/h1-7,10H,8-9,11H2,(H2,20,21,22,24). The van der Waals surface area contributed by atoms with Gasteiger partial charge in [-0.3, -0.25) is 4.79 Å². The molecule has 0 saturated carbocycles. The lowest BCUT2D eigenvalue weighted by molar-refractivity contribution is -0.121. The van der Waals surface area contributed by atoms with Crippen LogP contribution in [-0.4, -0.2) is 24.2 Å².